The van der Waals surface area contributed by atoms with Crippen molar-refractivity contribution in [1.82, 2.24) is 0 Å². The van der Waals surface area contributed by atoms with Crippen LogP contribution >= 0.6 is 15.9 Å². The van der Waals surface area contributed by atoms with Crippen molar-refractivity contribution in [1.29, 1.82) is 0 Å². The van der Waals surface area contributed by atoms with Gasteiger partial charge in [0.2, 0.25) is 0 Å². The monoisotopic (exact) mass is 588 g/mol. The molecule has 0 bridgehead atoms. The van der Waals surface area contributed by atoms with Gasteiger partial charge in [-0.3, -0.25) is 4.79 Å². The van der Waals surface area contributed by atoms with Crippen LogP contribution in [-0.4, -0.2) is 29.8 Å². The SMILES string of the molecule is CCC(C)COC(=O)c1ccc(OC(=O)c2ccc(OC(=O)CCCCCCCCCCCBr)cc2)cc1. The summed E-state index contributed by atoms with van der Waals surface area (Å²) in [4.78, 5) is 36.7. The van der Waals surface area contributed by atoms with Crippen molar-refractivity contribution in [3.8, 4) is 11.5 Å². The van der Waals surface area contributed by atoms with E-state index in [-0.39, 0.29) is 5.97 Å². The third-order valence-electron chi connectivity index (χ3n) is 6.33. The highest BCUT2D eigenvalue weighted by Crippen LogP contribution is 2.18. The third kappa shape index (κ3) is 12.7. The Bertz CT molecular complexity index is 971. The highest BCUT2D eigenvalue weighted by Gasteiger charge is 2.13. The van der Waals surface area contributed by atoms with E-state index in [1.807, 2.05) is 13.8 Å². The predicted octanol–water partition coefficient (Wildman–Crippen LogP) is 8.31. The van der Waals surface area contributed by atoms with E-state index in [0.29, 0.717) is 41.6 Å². The molecule has 2 aromatic rings. The van der Waals surface area contributed by atoms with E-state index < -0.39 is 11.9 Å². The van der Waals surface area contributed by atoms with Crippen molar-refractivity contribution in [2.45, 2.75) is 84.5 Å². The van der Waals surface area contributed by atoms with E-state index in [9.17, 15) is 14.4 Å². The standard InChI is InChI=1S/C31H41BrO6/c1-3-24(2)23-36-30(34)25-14-20-28(21-15-25)38-31(35)26-16-18-27(19-17-26)37-29(33)13-11-9-7-5-4-6-8-10-12-22-32/h14-21,24H,3-13,22-23H2,1-2H3. The van der Waals surface area contributed by atoms with Gasteiger partial charge in [0, 0.05) is 11.8 Å². The van der Waals surface area contributed by atoms with Gasteiger partial charge in [0.05, 0.1) is 17.7 Å². The highest BCUT2D eigenvalue weighted by atomic mass is 79.9. The molecule has 38 heavy (non-hydrogen) atoms. The second kappa shape index (κ2) is 18.6. The average Bonchev–Trinajstić information content (AvgIpc) is 2.93. The minimum Gasteiger partial charge on any atom is -0.462 e. The van der Waals surface area contributed by atoms with Gasteiger partial charge in [-0.2, -0.15) is 0 Å². The van der Waals surface area contributed by atoms with E-state index in [4.69, 9.17) is 14.2 Å². The van der Waals surface area contributed by atoms with Crippen LogP contribution in [0.1, 0.15) is 105 Å². The first-order valence-electron chi connectivity index (χ1n) is 13.8. The third-order valence-corrected chi connectivity index (χ3v) is 6.89. The van der Waals surface area contributed by atoms with Crippen LogP contribution in [0.15, 0.2) is 48.5 Å². The molecule has 0 aromatic heterocycles. The minimum absolute atomic E-state index is 0.266. The number of halogens is 1. The molecule has 0 fully saturated rings. The van der Waals surface area contributed by atoms with Gasteiger partial charge in [-0.15, -0.1) is 0 Å². The molecular weight excluding hydrogens is 548 g/mol. The van der Waals surface area contributed by atoms with Crippen molar-refractivity contribution in [3.05, 3.63) is 59.7 Å². The first kappa shape index (κ1) is 31.5. The van der Waals surface area contributed by atoms with Gasteiger partial charge in [0.15, 0.2) is 0 Å². The zero-order valence-corrected chi connectivity index (χ0v) is 24.3. The van der Waals surface area contributed by atoms with Gasteiger partial charge in [-0.1, -0.05) is 81.1 Å². The van der Waals surface area contributed by atoms with Crippen LogP contribution in [0, 0.1) is 5.92 Å². The fourth-order valence-corrected chi connectivity index (χ4v) is 4.08. The fraction of sp³-hybridized carbons (Fsp3) is 0.516. The van der Waals surface area contributed by atoms with Crippen molar-refractivity contribution >= 4 is 33.8 Å². The van der Waals surface area contributed by atoms with Crippen LogP contribution in [-0.2, 0) is 9.53 Å². The van der Waals surface area contributed by atoms with Crippen LogP contribution in [0.2, 0.25) is 0 Å². The number of unbranched alkanes of at least 4 members (excludes halogenated alkanes) is 8. The fourth-order valence-electron chi connectivity index (χ4n) is 3.69. The summed E-state index contributed by atoms with van der Waals surface area (Å²) < 4.78 is 16.1. The van der Waals surface area contributed by atoms with Gasteiger partial charge in [0.1, 0.15) is 11.5 Å². The molecule has 1 atom stereocenters. The lowest BCUT2D eigenvalue weighted by Crippen LogP contribution is -2.12. The smallest absolute Gasteiger partial charge is 0.343 e. The first-order valence-corrected chi connectivity index (χ1v) is 14.9. The summed E-state index contributed by atoms with van der Waals surface area (Å²) in [5, 5.41) is 1.09. The summed E-state index contributed by atoms with van der Waals surface area (Å²) in [5.41, 5.74) is 0.727. The molecule has 2 aromatic carbocycles. The average molecular weight is 590 g/mol. The number of carbonyl (C=O) groups is 3. The van der Waals surface area contributed by atoms with Gasteiger partial charge >= 0.3 is 17.9 Å². The summed E-state index contributed by atoms with van der Waals surface area (Å²) >= 11 is 3.46. The molecule has 0 aliphatic carbocycles. The van der Waals surface area contributed by atoms with Crippen molar-refractivity contribution in [3.63, 3.8) is 0 Å². The van der Waals surface area contributed by atoms with Crippen molar-refractivity contribution in [2.75, 3.05) is 11.9 Å². The maximum Gasteiger partial charge on any atom is 0.343 e. The van der Waals surface area contributed by atoms with E-state index in [1.165, 1.54) is 38.5 Å². The number of carbonyl (C=O) groups excluding carboxylic acids is 3. The maximum absolute atomic E-state index is 12.5. The molecule has 0 aliphatic heterocycles. The molecule has 6 nitrogen and oxygen atoms in total. The molecular formula is C31H41BrO6. The second-order valence-electron chi connectivity index (χ2n) is 9.65. The van der Waals surface area contributed by atoms with Crippen LogP contribution in [0.4, 0.5) is 0 Å². The Morgan fingerprint density at radius 2 is 1.16 bits per heavy atom. The topological polar surface area (TPSA) is 78.9 Å². The molecule has 0 N–H and O–H groups in total. The van der Waals surface area contributed by atoms with Crippen LogP contribution < -0.4 is 9.47 Å². The maximum atomic E-state index is 12.5. The normalized spacial score (nSPS) is 11.6. The summed E-state index contributed by atoms with van der Waals surface area (Å²) in [7, 11) is 0. The molecule has 0 saturated carbocycles. The van der Waals surface area contributed by atoms with E-state index >= 15 is 0 Å². The molecule has 208 valence electrons. The quantitative estimate of drug-likeness (QED) is 0.0753. The number of hydrogen-bond acceptors (Lipinski definition) is 6. The number of rotatable bonds is 18. The summed E-state index contributed by atoms with van der Waals surface area (Å²) in [5.74, 6) is -0.192. The number of hydrogen-bond donors (Lipinski definition) is 0. The zero-order chi connectivity index (χ0) is 27.6. The molecule has 0 aliphatic rings. The molecule has 2 rings (SSSR count). The lowest BCUT2D eigenvalue weighted by Gasteiger charge is -2.10. The van der Waals surface area contributed by atoms with Gasteiger partial charge < -0.3 is 14.2 Å². The lowest BCUT2D eigenvalue weighted by molar-refractivity contribution is -0.134. The van der Waals surface area contributed by atoms with Crippen molar-refractivity contribution in [2.24, 2.45) is 5.92 Å². The lowest BCUT2D eigenvalue weighted by atomic mass is 10.1. The van der Waals surface area contributed by atoms with Gasteiger partial charge in [-0.05, 0) is 67.3 Å². The Kier molecular flexibility index (Phi) is 15.4. The van der Waals surface area contributed by atoms with E-state index in [1.54, 1.807) is 48.5 Å². The molecule has 0 saturated heterocycles. The molecule has 0 radical (unpaired) electrons. The number of esters is 3. The van der Waals surface area contributed by atoms with Crippen LogP contribution in [0.5, 0.6) is 11.5 Å². The Labute approximate surface area is 235 Å². The molecule has 0 amide bonds. The van der Waals surface area contributed by atoms with Crippen LogP contribution in [0.25, 0.3) is 0 Å². The molecule has 0 heterocycles. The summed E-state index contributed by atoms with van der Waals surface area (Å²) in [6.07, 6.45) is 11.9. The Morgan fingerprint density at radius 3 is 1.68 bits per heavy atom. The molecule has 7 heteroatoms. The Morgan fingerprint density at radius 1 is 0.684 bits per heavy atom. The number of ether oxygens (including phenoxy) is 3. The van der Waals surface area contributed by atoms with E-state index in [2.05, 4.69) is 15.9 Å². The summed E-state index contributed by atoms with van der Waals surface area (Å²) in [6, 6.07) is 12.5. The number of alkyl halides is 1. The number of benzene rings is 2. The summed E-state index contributed by atoms with van der Waals surface area (Å²) in [6.45, 7) is 4.43. The second-order valence-corrected chi connectivity index (χ2v) is 10.4. The largest absolute Gasteiger partial charge is 0.462 e. The first-order chi connectivity index (χ1) is 18.4. The van der Waals surface area contributed by atoms with Gasteiger partial charge in [0.25, 0.3) is 0 Å². The Hall–Kier alpha value is -2.67. The molecule has 1 unspecified atom stereocenters. The minimum atomic E-state index is -0.543. The highest BCUT2D eigenvalue weighted by molar-refractivity contribution is 9.09. The van der Waals surface area contributed by atoms with Crippen molar-refractivity contribution < 1.29 is 28.6 Å². The zero-order valence-electron chi connectivity index (χ0n) is 22.7. The predicted molar refractivity (Wildman–Crippen MR) is 153 cm³/mol. The van der Waals surface area contributed by atoms with E-state index in [0.717, 1.165) is 31.0 Å². The Balaban J connectivity index is 1.67. The van der Waals surface area contributed by atoms with Gasteiger partial charge in [-0.25, -0.2) is 9.59 Å². The van der Waals surface area contributed by atoms with Crippen LogP contribution in [0.3, 0.4) is 0 Å². The molecule has 0 spiro atoms.